The van der Waals surface area contributed by atoms with E-state index in [0.29, 0.717) is 45.7 Å². The molecule has 2 aliphatic heterocycles. The van der Waals surface area contributed by atoms with Crippen molar-refractivity contribution in [1.29, 1.82) is 0 Å². The zero-order chi connectivity index (χ0) is 15.4. The number of aliphatic carboxylic acids is 1. The van der Waals surface area contributed by atoms with Gasteiger partial charge in [0, 0.05) is 39.3 Å². The van der Waals surface area contributed by atoms with Gasteiger partial charge in [-0.3, -0.25) is 9.69 Å². The van der Waals surface area contributed by atoms with Gasteiger partial charge in [-0.05, 0) is 18.8 Å². The molecule has 0 aromatic carbocycles. The van der Waals surface area contributed by atoms with Crippen molar-refractivity contribution < 1.29 is 19.8 Å². The molecule has 2 heterocycles. The van der Waals surface area contributed by atoms with E-state index in [0.717, 1.165) is 6.42 Å². The largest absolute Gasteiger partial charge is 0.480 e. The number of aliphatic hydroxyl groups is 1. The first kappa shape index (κ1) is 16.0. The van der Waals surface area contributed by atoms with Crippen LogP contribution in [0.1, 0.15) is 19.8 Å². The molecular weight excluding hydrogens is 274 g/mol. The van der Waals surface area contributed by atoms with Crippen LogP contribution >= 0.6 is 0 Å². The van der Waals surface area contributed by atoms with Gasteiger partial charge in [0.1, 0.15) is 0 Å². The lowest BCUT2D eigenvalue weighted by atomic mass is 9.97. The zero-order valence-electron chi connectivity index (χ0n) is 12.6. The molecule has 2 saturated heterocycles. The Bertz CT molecular complexity index is 390. The molecule has 21 heavy (non-hydrogen) atoms. The third-order valence-electron chi connectivity index (χ3n) is 4.35. The first-order valence-electron chi connectivity index (χ1n) is 7.63. The molecule has 2 unspecified atom stereocenters. The number of hydrogen-bond donors (Lipinski definition) is 2. The molecule has 0 bridgehead atoms. The maximum Gasteiger partial charge on any atom is 0.320 e. The first-order valence-corrected chi connectivity index (χ1v) is 7.63. The fourth-order valence-corrected chi connectivity index (χ4v) is 3.02. The van der Waals surface area contributed by atoms with E-state index in [1.807, 2.05) is 21.6 Å². The van der Waals surface area contributed by atoms with Crippen LogP contribution in [0.4, 0.5) is 4.79 Å². The van der Waals surface area contributed by atoms with Crippen molar-refractivity contribution in [1.82, 2.24) is 14.7 Å². The molecule has 2 atom stereocenters. The Kier molecular flexibility index (Phi) is 5.41. The molecule has 2 rings (SSSR count). The summed E-state index contributed by atoms with van der Waals surface area (Å²) in [4.78, 5) is 28.8. The van der Waals surface area contributed by atoms with Gasteiger partial charge >= 0.3 is 12.0 Å². The second kappa shape index (κ2) is 7.09. The van der Waals surface area contributed by atoms with Gasteiger partial charge in [-0.15, -0.1) is 0 Å². The molecule has 0 spiro atoms. The number of carboxylic acids is 1. The SMILES string of the molecule is CC1CN(C(=O)N2CCCN(CC(=O)O)CC2)CCC1O. The third kappa shape index (κ3) is 4.31. The van der Waals surface area contributed by atoms with Crippen LogP contribution in [-0.2, 0) is 4.79 Å². The molecular formula is C14H25N3O4. The van der Waals surface area contributed by atoms with Crippen molar-refractivity contribution >= 4 is 12.0 Å². The summed E-state index contributed by atoms with van der Waals surface area (Å²) in [6.07, 6.45) is 1.11. The highest BCUT2D eigenvalue weighted by molar-refractivity contribution is 5.74. The van der Waals surface area contributed by atoms with Crippen molar-refractivity contribution in [3.8, 4) is 0 Å². The molecule has 7 nitrogen and oxygen atoms in total. The summed E-state index contributed by atoms with van der Waals surface area (Å²) in [5, 5.41) is 18.6. The lowest BCUT2D eigenvalue weighted by Gasteiger charge is -2.37. The Morgan fingerprint density at radius 2 is 1.86 bits per heavy atom. The number of rotatable bonds is 2. The van der Waals surface area contributed by atoms with Crippen LogP contribution in [0, 0.1) is 5.92 Å². The molecule has 0 aliphatic carbocycles. The highest BCUT2D eigenvalue weighted by Gasteiger charge is 2.30. The average Bonchev–Trinajstić information content (AvgIpc) is 2.66. The number of carbonyl (C=O) groups excluding carboxylic acids is 1. The monoisotopic (exact) mass is 299 g/mol. The Labute approximate surface area is 125 Å². The molecule has 0 aromatic heterocycles. The fourth-order valence-electron chi connectivity index (χ4n) is 3.02. The Morgan fingerprint density at radius 3 is 2.52 bits per heavy atom. The van der Waals surface area contributed by atoms with E-state index in [2.05, 4.69) is 0 Å². The molecule has 2 N–H and O–H groups in total. The summed E-state index contributed by atoms with van der Waals surface area (Å²) < 4.78 is 0. The van der Waals surface area contributed by atoms with Gasteiger partial charge in [0.15, 0.2) is 0 Å². The van der Waals surface area contributed by atoms with Gasteiger partial charge in [0.2, 0.25) is 0 Å². The minimum atomic E-state index is -0.825. The molecule has 0 radical (unpaired) electrons. The molecule has 0 saturated carbocycles. The van der Waals surface area contributed by atoms with Gasteiger partial charge in [-0.1, -0.05) is 6.92 Å². The normalized spacial score (nSPS) is 28.3. The van der Waals surface area contributed by atoms with Crippen LogP contribution in [0.2, 0.25) is 0 Å². The molecule has 2 aliphatic rings. The topological polar surface area (TPSA) is 84.3 Å². The van der Waals surface area contributed by atoms with Crippen molar-refractivity contribution in [2.24, 2.45) is 5.92 Å². The van der Waals surface area contributed by atoms with Crippen molar-refractivity contribution in [3.05, 3.63) is 0 Å². The number of carbonyl (C=O) groups is 2. The van der Waals surface area contributed by atoms with Crippen molar-refractivity contribution in [2.75, 3.05) is 45.8 Å². The number of amides is 2. The van der Waals surface area contributed by atoms with E-state index in [1.54, 1.807) is 0 Å². The maximum atomic E-state index is 12.5. The summed E-state index contributed by atoms with van der Waals surface area (Å²) in [5.74, 6) is -0.716. The quantitative estimate of drug-likeness (QED) is 0.744. The standard InChI is InChI=1S/C14H25N3O4/c1-11-9-17(6-3-12(11)18)14(21)16-5-2-4-15(7-8-16)10-13(19)20/h11-12,18H,2-10H2,1H3,(H,19,20). The number of nitrogens with zero attached hydrogens (tertiary/aromatic N) is 3. The van der Waals surface area contributed by atoms with Gasteiger partial charge in [0.05, 0.1) is 12.6 Å². The highest BCUT2D eigenvalue weighted by Crippen LogP contribution is 2.18. The maximum absolute atomic E-state index is 12.5. The summed E-state index contributed by atoms with van der Waals surface area (Å²) in [5.41, 5.74) is 0. The predicted molar refractivity (Wildman–Crippen MR) is 77.0 cm³/mol. The summed E-state index contributed by atoms with van der Waals surface area (Å²) >= 11 is 0. The minimum Gasteiger partial charge on any atom is -0.480 e. The van der Waals surface area contributed by atoms with Crippen molar-refractivity contribution in [3.63, 3.8) is 0 Å². The summed E-state index contributed by atoms with van der Waals surface area (Å²) in [6.45, 7) is 5.74. The molecule has 2 fully saturated rings. The van der Waals surface area contributed by atoms with E-state index < -0.39 is 5.97 Å². The number of hydrogen-bond acceptors (Lipinski definition) is 4. The second-order valence-electron chi connectivity index (χ2n) is 6.07. The number of aliphatic hydroxyl groups excluding tert-OH is 1. The fraction of sp³-hybridized carbons (Fsp3) is 0.857. The molecule has 7 heteroatoms. The molecule has 120 valence electrons. The van der Waals surface area contributed by atoms with Crippen molar-refractivity contribution in [2.45, 2.75) is 25.9 Å². The Hall–Kier alpha value is -1.34. The van der Waals surface area contributed by atoms with Crippen LogP contribution in [0.3, 0.4) is 0 Å². The molecule has 0 aromatic rings. The van der Waals surface area contributed by atoms with Crippen LogP contribution in [-0.4, -0.2) is 88.8 Å². The van der Waals surface area contributed by atoms with Gasteiger partial charge in [-0.2, -0.15) is 0 Å². The highest BCUT2D eigenvalue weighted by atomic mass is 16.4. The first-order chi connectivity index (χ1) is 9.97. The van der Waals surface area contributed by atoms with E-state index in [4.69, 9.17) is 5.11 Å². The summed E-state index contributed by atoms with van der Waals surface area (Å²) in [6, 6.07) is 0.0194. The van der Waals surface area contributed by atoms with E-state index in [-0.39, 0.29) is 24.6 Å². The van der Waals surface area contributed by atoms with Crippen LogP contribution in [0.25, 0.3) is 0 Å². The van der Waals surface area contributed by atoms with Crippen LogP contribution in [0.5, 0.6) is 0 Å². The number of piperidine rings is 1. The van der Waals surface area contributed by atoms with Gasteiger partial charge < -0.3 is 20.0 Å². The lowest BCUT2D eigenvalue weighted by Crippen LogP contribution is -2.51. The number of likely N-dealkylation sites (tertiary alicyclic amines) is 1. The number of urea groups is 1. The Morgan fingerprint density at radius 1 is 1.10 bits per heavy atom. The predicted octanol–water partition coefficient (Wildman–Crippen LogP) is -0.0986. The van der Waals surface area contributed by atoms with E-state index >= 15 is 0 Å². The van der Waals surface area contributed by atoms with Crippen LogP contribution in [0.15, 0.2) is 0 Å². The van der Waals surface area contributed by atoms with E-state index in [9.17, 15) is 14.7 Å². The number of carboxylic acid groups (broad SMARTS) is 1. The lowest BCUT2D eigenvalue weighted by molar-refractivity contribution is -0.138. The minimum absolute atomic E-state index is 0.0194. The average molecular weight is 299 g/mol. The van der Waals surface area contributed by atoms with Crippen LogP contribution < -0.4 is 0 Å². The smallest absolute Gasteiger partial charge is 0.320 e. The second-order valence-corrected chi connectivity index (χ2v) is 6.07. The Balaban J connectivity index is 1.87. The van der Waals surface area contributed by atoms with E-state index in [1.165, 1.54) is 0 Å². The summed E-state index contributed by atoms with van der Waals surface area (Å²) in [7, 11) is 0. The van der Waals surface area contributed by atoms with Gasteiger partial charge in [-0.25, -0.2) is 4.79 Å². The zero-order valence-corrected chi connectivity index (χ0v) is 12.6. The van der Waals surface area contributed by atoms with Gasteiger partial charge in [0.25, 0.3) is 0 Å². The molecule has 2 amide bonds. The third-order valence-corrected chi connectivity index (χ3v) is 4.35.